The number of amides is 2. The summed E-state index contributed by atoms with van der Waals surface area (Å²) in [6, 6.07) is 0. The van der Waals surface area contributed by atoms with E-state index in [-0.39, 0.29) is 17.6 Å². The van der Waals surface area contributed by atoms with Gasteiger partial charge < -0.3 is 10.6 Å². The van der Waals surface area contributed by atoms with Crippen molar-refractivity contribution in [2.45, 2.75) is 32.6 Å². The summed E-state index contributed by atoms with van der Waals surface area (Å²) in [5, 5.41) is 5.50. The second kappa shape index (κ2) is 9.83. The number of carbonyl (C=O) groups is 2. The molecule has 15 heavy (non-hydrogen) atoms. The van der Waals surface area contributed by atoms with E-state index in [0.717, 1.165) is 38.8 Å². The second-order valence-corrected chi connectivity index (χ2v) is 3.72. The summed E-state index contributed by atoms with van der Waals surface area (Å²) < 4.78 is 0. The van der Waals surface area contributed by atoms with Crippen molar-refractivity contribution < 1.29 is 9.59 Å². The van der Waals surface area contributed by atoms with Gasteiger partial charge in [-0.25, -0.2) is 0 Å². The molecule has 0 saturated heterocycles. The van der Waals surface area contributed by atoms with Crippen LogP contribution in [0.1, 0.15) is 32.6 Å². The summed E-state index contributed by atoms with van der Waals surface area (Å²) >= 11 is 3.85. The highest BCUT2D eigenvalue weighted by Gasteiger charge is 1.95. The molecule has 0 bridgehead atoms. The van der Waals surface area contributed by atoms with Crippen molar-refractivity contribution in [3.05, 3.63) is 0 Å². The molecule has 0 aliphatic rings. The van der Waals surface area contributed by atoms with Crippen molar-refractivity contribution in [3.8, 4) is 0 Å². The molecular weight excluding hydrogens is 212 g/mol. The van der Waals surface area contributed by atoms with E-state index < -0.39 is 0 Å². The van der Waals surface area contributed by atoms with Gasteiger partial charge in [0.2, 0.25) is 11.8 Å². The molecule has 0 radical (unpaired) electrons. The topological polar surface area (TPSA) is 58.2 Å². The van der Waals surface area contributed by atoms with E-state index in [2.05, 4.69) is 23.3 Å². The molecule has 4 nitrogen and oxygen atoms in total. The zero-order chi connectivity index (χ0) is 11.5. The van der Waals surface area contributed by atoms with Gasteiger partial charge in [0, 0.05) is 20.0 Å². The number of hydrogen-bond donors (Lipinski definition) is 3. The van der Waals surface area contributed by atoms with Crippen LogP contribution in [0.2, 0.25) is 0 Å². The smallest absolute Gasteiger partial charge is 0.229 e. The van der Waals surface area contributed by atoms with Crippen LogP contribution in [0.5, 0.6) is 0 Å². The molecule has 0 aromatic carbocycles. The van der Waals surface area contributed by atoms with E-state index in [9.17, 15) is 9.59 Å². The zero-order valence-electron chi connectivity index (χ0n) is 9.21. The van der Waals surface area contributed by atoms with Gasteiger partial charge in [0.15, 0.2) is 0 Å². The molecule has 2 N–H and O–H groups in total. The molecule has 0 spiro atoms. The van der Waals surface area contributed by atoms with Gasteiger partial charge in [0.25, 0.3) is 0 Å². The SMILES string of the molecule is CC(=O)NCCCCCCNC(=O)CS. The fourth-order valence-electron chi connectivity index (χ4n) is 1.15. The van der Waals surface area contributed by atoms with Crippen LogP contribution in [-0.4, -0.2) is 30.7 Å². The third kappa shape index (κ3) is 11.2. The van der Waals surface area contributed by atoms with Crippen molar-refractivity contribution in [3.63, 3.8) is 0 Å². The van der Waals surface area contributed by atoms with Crippen LogP contribution in [-0.2, 0) is 9.59 Å². The fraction of sp³-hybridized carbons (Fsp3) is 0.800. The van der Waals surface area contributed by atoms with Crippen molar-refractivity contribution in [2.24, 2.45) is 0 Å². The molecule has 0 rings (SSSR count). The first-order chi connectivity index (χ1) is 7.16. The van der Waals surface area contributed by atoms with E-state index in [4.69, 9.17) is 0 Å². The number of thiol groups is 1. The van der Waals surface area contributed by atoms with Gasteiger partial charge in [-0.05, 0) is 12.8 Å². The predicted octanol–water partition coefficient (Wildman–Crippen LogP) is 0.729. The minimum Gasteiger partial charge on any atom is -0.356 e. The summed E-state index contributed by atoms with van der Waals surface area (Å²) in [5.41, 5.74) is 0. The lowest BCUT2D eigenvalue weighted by Gasteiger charge is -2.03. The Morgan fingerprint density at radius 2 is 1.53 bits per heavy atom. The van der Waals surface area contributed by atoms with E-state index >= 15 is 0 Å². The third-order valence-electron chi connectivity index (χ3n) is 1.94. The molecule has 88 valence electrons. The summed E-state index contributed by atoms with van der Waals surface area (Å²) in [6.07, 6.45) is 4.14. The molecule has 0 aromatic heterocycles. The summed E-state index contributed by atoms with van der Waals surface area (Å²) in [7, 11) is 0. The minimum atomic E-state index is -0.0171. The van der Waals surface area contributed by atoms with Crippen LogP contribution in [0.4, 0.5) is 0 Å². The number of rotatable bonds is 8. The highest BCUT2D eigenvalue weighted by Crippen LogP contribution is 1.97. The largest absolute Gasteiger partial charge is 0.356 e. The van der Waals surface area contributed by atoms with Gasteiger partial charge >= 0.3 is 0 Å². The van der Waals surface area contributed by atoms with E-state index in [0.29, 0.717) is 0 Å². The van der Waals surface area contributed by atoms with Crippen LogP contribution >= 0.6 is 12.6 Å². The Kier molecular flexibility index (Phi) is 9.36. The number of nitrogens with one attached hydrogen (secondary N) is 2. The van der Waals surface area contributed by atoms with Gasteiger partial charge in [0.1, 0.15) is 0 Å². The van der Waals surface area contributed by atoms with Crippen molar-refractivity contribution in [2.75, 3.05) is 18.8 Å². The van der Waals surface area contributed by atoms with Crippen LogP contribution in [0.3, 0.4) is 0 Å². The minimum absolute atomic E-state index is 0.0171. The van der Waals surface area contributed by atoms with E-state index in [1.54, 1.807) is 0 Å². The van der Waals surface area contributed by atoms with Crippen molar-refractivity contribution in [1.29, 1.82) is 0 Å². The number of hydrogen-bond acceptors (Lipinski definition) is 3. The quantitative estimate of drug-likeness (QED) is 0.427. The Balaban J connectivity index is 3.05. The molecule has 0 aliphatic heterocycles. The Hall–Kier alpha value is -0.710. The summed E-state index contributed by atoms with van der Waals surface area (Å²) in [6.45, 7) is 2.99. The molecule has 0 atom stereocenters. The molecule has 5 heteroatoms. The van der Waals surface area contributed by atoms with Gasteiger partial charge in [-0.15, -0.1) is 0 Å². The third-order valence-corrected chi connectivity index (χ3v) is 2.23. The van der Waals surface area contributed by atoms with Gasteiger partial charge in [-0.3, -0.25) is 9.59 Å². The molecule has 2 amide bonds. The average molecular weight is 232 g/mol. The molecule has 0 fully saturated rings. The molecule has 0 heterocycles. The van der Waals surface area contributed by atoms with Crippen molar-refractivity contribution >= 4 is 24.4 Å². The Bertz CT molecular complexity index is 198. The summed E-state index contributed by atoms with van der Waals surface area (Å²) in [4.78, 5) is 21.3. The van der Waals surface area contributed by atoms with Crippen LogP contribution < -0.4 is 10.6 Å². The van der Waals surface area contributed by atoms with Gasteiger partial charge in [-0.2, -0.15) is 12.6 Å². The molecule has 0 aliphatic carbocycles. The maximum atomic E-state index is 10.8. The maximum absolute atomic E-state index is 10.8. The molecular formula is C10H20N2O2S. The second-order valence-electron chi connectivity index (χ2n) is 3.41. The Morgan fingerprint density at radius 3 is 2.00 bits per heavy atom. The molecule has 0 saturated carbocycles. The highest BCUT2D eigenvalue weighted by atomic mass is 32.1. The average Bonchev–Trinajstić information content (AvgIpc) is 2.21. The standard InChI is InChI=1S/C10H20N2O2S/c1-9(13)11-6-4-2-3-5-7-12-10(14)8-15/h15H,2-8H2,1H3,(H,11,13)(H,12,14). The first kappa shape index (κ1) is 14.3. The Morgan fingerprint density at radius 1 is 1.00 bits per heavy atom. The fourth-order valence-corrected chi connectivity index (χ4v) is 1.26. The molecule has 0 unspecified atom stereocenters. The lowest BCUT2D eigenvalue weighted by Crippen LogP contribution is -2.25. The first-order valence-corrected chi connectivity index (χ1v) is 5.92. The highest BCUT2D eigenvalue weighted by molar-refractivity contribution is 7.81. The lowest BCUT2D eigenvalue weighted by atomic mass is 10.2. The predicted molar refractivity (Wildman–Crippen MR) is 64.0 cm³/mol. The molecule has 0 aromatic rings. The van der Waals surface area contributed by atoms with Crippen LogP contribution in [0.25, 0.3) is 0 Å². The zero-order valence-corrected chi connectivity index (χ0v) is 10.1. The maximum Gasteiger partial charge on any atom is 0.229 e. The van der Waals surface area contributed by atoms with E-state index in [1.165, 1.54) is 6.92 Å². The van der Waals surface area contributed by atoms with Crippen molar-refractivity contribution in [1.82, 2.24) is 10.6 Å². The van der Waals surface area contributed by atoms with Gasteiger partial charge in [-0.1, -0.05) is 12.8 Å². The normalized spacial score (nSPS) is 9.73. The number of carbonyl (C=O) groups excluding carboxylic acids is 2. The first-order valence-electron chi connectivity index (χ1n) is 5.29. The van der Waals surface area contributed by atoms with Crippen LogP contribution in [0.15, 0.2) is 0 Å². The van der Waals surface area contributed by atoms with Gasteiger partial charge in [0.05, 0.1) is 5.75 Å². The Labute approximate surface area is 96.6 Å². The van der Waals surface area contributed by atoms with E-state index in [1.807, 2.05) is 0 Å². The lowest BCUT2D eigenvalue weighted by molar-refractivity contribution is -0.119. The monoisotopic (exact) mass is 232 g/mol. The number of unbranched alkanes of at least 4 members (excludes halogenated alkanes) is 3. The van der Waals surface area contributed by atoms with Crippen LogP contribution in [0, 0.1) is 0 Å². The summed E-state index contributed by atoms with van der Waals surface area (Å²) in [5.74, 6) is 0.260.